The minimum Gasteiger partial charge on any atom is -0.497 e. The fourth-order valence-corrected chi connectivity index (χ4v) is 2.42. The maximum atomic E-state index is 13.9. The molecule has 0 saturated heterocycles. The van der Waals surface area contributed by atoms with Crippen molar-refractivity contribution < 1.29 is 9.13 Å². The highest BCUT2D eigenvalue weighted by Crippen LogP contribution is 2.23. The Morgan fingerprint density at radius 1 is 1.15 bits per heavy atom. The lowest BCUT2D eigenvalue weighted by Crippen LogP contribution is -2.04. The molecule has 0 bridgehead atoms. The van der Waals surface area contributed by atoms with Crippen molar-refractivity contribution in [2.75, 3.05) is 12.4 Å². The lowest BCUT2D eigenvalue weighted by molar-refractivity contribution is 0.411. The molecule has 20 heavy (non-hydrogen) atoms. The molecule has 1 N–H and O–H groups in total. The molecule has 0 saturated carbocycles. The summed E-state index contributed by atoms with van der Waals surface area (Å²) in [5.74, 6) is 0.274. The summed E-state index contributed by atoms with van der Waals surface area (Å²) in [6.45, 7) is 2.55. The van der Waals surface area contributed by atoms with E-state index in [-0.39, 0.29) is 5.82 Å². The van der Waals surface area contributed by atoms with Crippen LogP contribution in [-0.2, 0) is 13.0 Å². The fraction of sp³-hybridized carbons (Fsp3) is 0.250. The average molecular weight is 338 g/mol. The molecule has 0 aromatic heterocycles. The van der Waals surface area contributed by atoms with E-state index in [1.807, 2.05) is 12.1 Å². The molecule has 0 aliphatic carbocycles. The standard InChI is InChI=1S/C16H17BrFNO/c1-3-11-8-13(17)5-7-16(11)19-10-12-4-6-14(20-2)9-15(12)18/h4-9,19H,3,10H2,1-2H3. The zero-order chi connectivity index (χ0) is 14.5. The van der Waals surface area contributed by atoms with Gasteiger partial charge < -0.3 is 10.1 Å². The van der Waals surface area contributed by atoms with Crippen molar-refractivity contribution in [3.63, 3.8) is 0 Å². The fourth-order valence-electron chi connectivity index (χ4n) is 2.02. The zero-order valence-corrected chi connectivity index (χ0v) is 13.1. The Kier molecular flexibility index (Phi) is 5.01. The summed E-state index contributed by atoms with van der Waals surface area (Å²) < 4.78 is 19.9. The number of benzene rings is 2. The topological polar surface area (TPSA) is 21.3 Å². The molecule has 0 aliphatic heterocycles. The monoisotopic (exact) mass is 337 g/mol. The first kappa shape index (κ1) is 14.9. The summed E-state index contributed by atoms with van der Waals surface area (Å²) in [7, 11) is 1.53. The second-order valence-corrected chi connectivity index (χ2v) is 5.38. The smallest absolute Gasteiger partial charge is 0.131 e. The third-order valence-corrected chi connectivity index (χ3v) is 3.67. The number of methoxy groups -OCH3 is 1. The number of hydrogen-bond acceptors (Lipinski definition) is 2. The second-order valence-electron chi connectivity index (χ2n) is 4.47. The molecule has 0 aliphatic rings. The molecular formula is C16H17BrFNO. The number of aryl methyl sites for hydroxylation is 1. The van der Waals surface area contributed by atoms with E-state index in [1.165, 1.54) is 18.7 Å². The van der Waals surface area contributed by atoms with Crippen molar-refractivity contribution in [1.29, 1.82) is 0 Å². The summed E-state index contributed by atoms with van der Waals surface area (Å²) in [6.07, 6.45) is 0.923. The Morgan fingerprint density at radius 2 is 1.95 bits per heavy atom. The van der Waals surface area contributed by atoms with Gasteiger partial charge in [0.15, 0.2) is 0 Å². The molecule has 0 amide bonds. The molecule has 0 heterocycles. The minimum absolute atomic E-state index is 0.257. The molecular weight excluding hydrogens is 321 g/mol. The lowest BCUT2D eigenvalue weighted by atomic mass is 10.1. The van der Waals surface area contributed by atoms with Gasteiger partial charge in [0.25, 0.3) is 0 Å². The van der Waals surface area contributed by atoms with Gasteiger partial charge in [0.2, 0.25) is 0 Å². The quantitative estimate of drug-likeness (QED) is 0.848. The summed E-state index contributed by atoms with van der Waals surface area (Å²) in [4.78, 5) is 0. The second kappa shape index (κ2) is 6.75. The number of halogens is 2. The van der Waals surface area contributed by atoms with Crippen LogP contribution in [0.5, 0.6) is 5.75 Å². The van der Waals surface area contributed by atoms with Crippen LogP contribution in [-0.4, -0.2) is 7.11 Å². The summed E-state index contributed by atoms with van der Waals surface area (Å²) in [6, 6.07) is 11.0. The molecule has 0 unspecified atom stereocenters. The van der Waals surface area contributed by atoms with Crippen LogP contribution in [0.2, 0.25) is 0 Å². The number of ether oxygens (including phenoxy) is 1. The first-order valence-electron chi connectivity index (χ1n) is 6.48. The summed E-state index contributed by atoms with van der Waals surface area (Å²) in [5, 5.41) is 3.28. The molecule has 0 spiro atoms. The van der Waals surface area contributed by atoms with Crippen LogP contribution in [0, 0.1) is 5.82 Å². The predicted octanol–water partition coefficient (Wildman–Crippen LogP) is 4.77. The first-order valence-corrected chi connectivity index (χ1v) is 7.28. The van der Waals surface area contributed by atoms with Crippen molar-refractivity contribution in [1.82, 2.24) is 0 Å². The Balaban J connectivity index is 2.12. The number of nitrogens with one attached hydrogen (secondary N) is 1. The van der Waals surface area contributed by atoms with Crippen molar-refractivity contribution >= 4 is 21.6 Å². The molecule has 0 radical (unpaired) electrons. The Bertz CT molecular complexity index is 601. The van der Waals surface area contributed by atoms with E-state index in [2.05, 4.69) is 34.2 Å². The van der Waals surface area contributed by atoms with E-state index < -0.39 is 0 Å². The van der Waals surface area contributed by atoms with Gasteiger partial charge in [-0.3, -0.25) is 0 Å². The summed E-state index contributed by atoms with van der Waals surface area (Å²) >= 11 is 3.46. The van der Waals surface area contributed by atoms with Crippen LogP contribution in [0.15, 0.2) is 40.9 Å². The Hall–Kier alpha value is -1.55. The minimum atomic E-state index is -0.257. The van der Waals surface area contributed by atoms with E-state index in [0.717, 1.165) is 16.6 Å². The molecule has 106 valence electrons. The van der Waals surface area contributed by atoms with E-state index >= 15 is 0 Å². The molecule has 2 aromatic rings. The van der Waals surface area contributed by atoms with Crippen molar-refractivity contribution in [3.8, 4) is 5.75 Å². The van der Waals surface area contributed by atoms with Gasteiger partial charge >= 0.3 is 0 Å². The van der Waals surface area contributed by atoms with Gasteiger partial charge in [-0.15, -0.1) is 0 Å². The maximum Gasteiger partial charge on any atom is 0.131 e. The number of hydrogen-bond donors (Lipinski definition) is 1. The molecule has 2 rings (SSSR count). The third kappa shape index (κ3) is 3.51. The molecule has 4 heteroatoms. The Labute approximate surface area is 127 Å². The van der Waals surface area contributed by atoms with E-state index in [9.17, 15) is 4.39 Å². The molecule has 0 fully saturated rings. The lowest BCUT2D eigenvalue weighted by Gasteiger charge is -2.12. The van der Waals surface area contributed by atoms with Crippen LogP contribution >= 0.6 is 15.9 Å². The highest BCUT2D eigenvalue weighted by atomic mass is 79.9. The van der Waals surface area contributed by atoms with Crippen molar-refractivity contribution in [3.05, 3.63) is 57.8 Å². The van der Waals surface area contributed by atoms with Crippen molar-refractivity contribution in [2.24, 2.45) is 0 Å². The highest BCUT2D eigenvalue weighted by molar-refractivity contribution is 9.10. The van der Waals surface area contributed by atoms with Crippen LogP contribution in [0.25, 0.3) is 0 Å². The number of anilines is 1. The van der Waals surface area contributed by atoms with Crippen LogP contribution in [0.1, 0.15) is 18.1 Å². The van der Waals surface area contributed by atoms with E-state index in [0.29, 0.717) is 17.9 Å². The van der Waals surface area contributed by atoms with Gasteiger partial charge in [-0.1, -0.05) is 28.9 Å². The van der Waals surface area contributed by atoms with Crippen LogP contribution in [0.3, 0.4) is 0 Å². The normalized spacial score (nSPS) is 10.4. The SMILES string of the molecule is CCc1cc(Br)ccc1NCc1ccc(OC)cc1F. The van der Waals surface area contributed by atoms with E-state index in [4.69, 9.17) is 4.74 Å². The zero-order valence-electron chi connectivity index (χ0n) is 11.5. The summed E-state index contributed by atoms with van der Waals surface area (Å²) in [5.41, 5.74) is 2.86. The highest BCUT2D eigenvalue weighted by Gasteiger charge is 2.06. The molecule has 2 nitrogen and oxygen atoms in total. The van der Waals surface area contributed by atoms with Gasteiger partial charge in [0, 0.05) is 28.3 Å². The van der Waals surface area contributed by atoms with Crippen LogP contribution < -0.4 is 10.1 Å². The third-order valence-electron chi connectivity index (χ3n) is 3.18. The van der Waals surface area contributed by atoms with Gasteiger partial charge in [0.05, 0.1) is 7.11 Å². The average Bonchev–Trinajstić information content (AvgIpc) is 2.46. The predicted molar refractivity (Wildman–Crippen MR) is 83.8 cm³/mol. The van der Waals surface area contributed by atoms with Gasteiger partial charge in [-0.2, -0.15) is 0 Å². The Morgan fingerprint density at radius 3 is 2.60 bits per heavy atom. The van der Waals surface area contributed by atoms with Crippen molar-refractivity contribution in [2.45, 2.75) is 19.9 Å². The largest absolute Gasteiger partial charge is 0.497 e. The molecule has 0 atom stereocenters. The first-order chi connectivity index (χ1) is 9.63. The van der Waals surface area contributed by atoms with Gasteiger partial charge in [-0.25, -0.2) is 4.39 Å². The van der Waals surface area contributed by atoms with Crippen LogP contribution in [0.4, 0.5) is 10.1 Å². The molecule has 2 aromatic carbocycles. The van der Waals surface area contributed by atoms with E-state index in [1.54, 1.807) is 12.1 Å². The maximum absolute atomic E-state index is 13.9. The number of rotatable bonds is 5. The van der Waals surface area contributed by atoms with Gasteiger partial charge in [0.1, 0.15) is 11.6 Å². The van der Waals surface area contributed by atoms with Gasteiger partial charge in [-0.05, 0) is 36.2 Å².